The number of benzene rings is 1. The maximum Gasteiger partial charge on any atom is 0.331 e. The van der Waals surface area contributed by atoms with E-state index < -0.39 is 11.5 Å². The molecule has 0 fully saturated rings. The van der Waals surface area contributed by atoms with Gasteiger partial charge >= 0.3 is 5.97 Å². The van der Waals surface area contributed by atoms with E-state index in [9.17, 15) is 9.59 Å². The highest BCUT2D eigenvalue weighted by Crippen LogP contribution is 2.15. The largest absolute Gasteiger partial charge is 0.478 e. The number of nitrogens with two attached hydrogens (primary N) is 1. The first kappa shape index (κ1) is 15.9. The number of carbonyl (C=O) groups excluding carboxylic acids is 1. The van der Waals surface area contributed by atoms with Crippen molar-refractivity contribution in [2.75, 3.05) is 5.32 Å². The highest BCUT2D eigenvalue weighted by molar-refractivity contribution is 5.97. The zero-order chi connectivity index (χ0) is 15.3. The lowest BCUT2D eigenvalue weighted by Crippen LogP contribution is -2.45. The molecule has 108 valence electrons. The molecule has 0 aliphatic heterocycles. The van der Waals surface area contributed by atoms with Gasteiger partial charge in [0.25, 0.3) is 0 Å². The van der Waals surface area contributed by atoms with E-state index >= 15 is 0 Å². The summed E-state index contributed by atoms with van der Waals surface area (Å²) in [5.74, 6) is -1.20. The predicted octanol–water partition coefficient (Wildman–Crippen LogP) is 2.24. The fourth-order valence-corrected chi connectivity index (χ4v) is 1.47. The summed E-state index contributed by atoms with van der Waals surface area (Å²) in [6, 6.07) is 6.92. The number of hydrogen-bond acceptors (Lipinski definition) is 3. The molecule has 0 aromatic heterocycles. The van der Waals surface area contributed by atoms with Crippen LogP contribution in [0.2, 0.25) is 0 Å². The molecule has 0 spiro atoms. The molecule has 0 radical (unpaired) electrons. The molecule has 20 heavy (non-hydrogen) atoms. The normalized spacial score (nSPS) is 12.1. The van der Waals surface area contributed by atoms with Gasteiger partial charge in [0.15, 0.2) is 0 Å². The number of carbonyl (C=O) groups is 2. The summed E-state index contributed by atoms with van der Waals surface area (Å²) in [5.41, 5.74) is 6.47. The third-order valence-corrected chi connectivity index (χ3v) is 2.75. The Morgan fingerprint density at radius 2 is 1.85 bits per heavy atom. The Labute approximate surface area is 118 Å². The Hall–Kier alpha value is -2.14. The molecule has 0 saturated heterocycles. The first-order chi connectivity index (χ1) is 9.24. The summed E-state index contributed by atoms with van der Waals surface area (Å²) in [6.07, 6.45) is 2.07. The number of aliphatic carboxylic acids is 1. The number of carboxylic acids is 1. The van der Waals surface area contributed by atoms with Gasteiger partial charge in [0, 0.05) is 11.3 Å². The number of hydrogen-bond donors (Lipinski definition) is 3. The molecule has 1 rings (SSSR count). The molecule has 1 amide bonds. The van der Waals surface area contributed by atoms with Crippen LogP contribution < -0.4 is 11.1 Å². The van der Waals surface area contributed by atoms with Crippen molar-refractivity contribution in [3.8, 4) is 0 Å². The molecule has 4 N–H and O–H groups in total. The van der Waals surface area contributed by atoms with Crippen molar-refractivity contribution in [1.82, 2.24) is 0 Å². The van der Waals surface area contributed by atoms with Crippen LogP contribution >= 0.6 is 0 Å². The molecule has 1 aromatic carbocycles. The Bertz CT molecular complexity index is 525. The average Bonchev–Trinajstić information content (AvgIpc) is 2.36. The summed E-state index contributed by atoms with van der Waals surface area (Å²) in [5, 5.41) is 11.7. The van der Waals surface area contributed by atoms with Gasteiger partial charge in [0.05, 0.1) is 5.54 Å². The molecule has 1 aromatic rings. The van der Waals surface area contributed by atoms with Gasteiger partial charge < -0.3 is 16.2 Å². The Morgan fingerprint density at radius 3 is 2.25 bits per heavy atom. The first-order valence-corrected chi connectivity index (χ1v) is 6.38. The van der Waals surface area contributed by atoms with Crippen molar-refractivity contribution in [2.24, 2.45) is 5.73 Å². The van der Waals surface area contributed by atoms with E-state index in [2.05, 4.69) is 5.32 Å². The molecule has 0 aliphatic carbocycles. The quantitative estimate of drug-likeness (QED) is 0.719. The van der Waals surface area contributed by atoms with Crippen molar-refractivity contribution < 1.29 is 14.7 Å². The molecule has 5 nitrogen and oxygen atoms in total. The number of carboxylic acid groups (broad SMARTS) is 1. The SMILES string of the molecule is CC/C(=C\c1ccc(NC(=O)C(C)(C)N)cc1)C(=O)O. The number of nitrogens with one attached hydrogen (secondary N) is 1. The van der Waals surface area contributed by atoms with Crippen molar-refractivity contribution in [3.05, 3.63) is 35.4 Å². The van der Waals surface area contributed by atoms with Crippen LogP contribution in [0.1, 0.15) is 32.8 Å². The van der Waals surface area contributed by atoms with Gasteiger partial charge in [-0.2, -0.15) is 0 Å². The maximum absolute atomic E-state index is 11.7. The maximum atomic E-state index is 11.7. The second-order valence-corrected chi connectivity index (χ2v) is 5.13. The van der Waals surface area contributed by atoms with Crippen molar-refractivity contribution in [3.63, 3.8) is 0 Å². The van der Waals surface area contributed by atoms with Crippen LogP contribution in [0.3, 0.4) is 0 Å². The van der Waals surface area contributed by atoms with E-state index in [1.54, 1.807) is 51.1 Å². The molecule has 5 heteroatoms. The van der Waals surface area contributed by atoms with Gasteiger partial charge in [-0.05, 0) is 44.0 Å². The summed E-state index contributed by atoms with van der Waals surface area (Å²) in [7, 11) is 0. The lowest BCUT2D eigenvalue weighted by atomic mass is 10.1. The topological polar surface area (TPSA) is 92.4 Å². The number of amides is 1. The lowest BCUT2D eigenvalue weighted by molar-refractivity contribution is -0.132. The van der Waals surface area contributed by atoms with Crippen LogP contribution in [0.4, 0.5) is 5.69 Å². The van der Waals surface area contributed by atoms with Crippen molar-refractivity contribution in [2.45, 2.75) is 32.7 Å². The van der Waals surface area contributed by atoms with Crippen LogP contribution in [0.5, 0.6) is 0 Å². The molecular weight excluding hydrogens is 256 g/mol. The Morgan fingerprint density at radius 1 is 1.30 bits per heavy atom. The summed E-state index contributed by atoms with van der Waals surface area (Å²) < 4.78 is 0. The van der Waals surface area contributed by atoms with E-state index in [0.29, 0.717) is 17.7 Å². The van der Waals surface area contributed by atoms with Crippen LogP contribution in [0.15, 0.2) is 29.8 Å². The minimum atomic E-state index is -0.947. The predicted molar refractivity (Wildman–Crippen MR) is 79.2 cm³/mol. The molecule has 0 bridgehead atoms. The smallest absolute Gasteiger partial charge is 0.331 e. The van der Waals surface area contributed by atoms with Crippen molar-refractivity contribution in [1.29, 1.82) is 0 Å². The highest BCUT2D eigenvalue weighted by Gasteiger charge is 2.21. The summed E-state index contributed by atoms with van der Waals surface area (Å²) in [4.78, 5) is 22.6. The average molecular weight is 276 g/mol. The Balaban J connectivity index is 2.85. The third-order valence-electron chi connectivity index (χ3n) is 2.75. The number of rotatable bonds is 5. The minimum absolute atomic E-state index is 0.277. The molecule has 0 aliphatic rings. The fraction of sp³-hybridized carbons (Fsp3) is 0.333. The van der Waals surface area contributed by atoms with Gasteiger partial charge in [-0.25, -0.2) is 4.79 Å². The van der Waals surface area contributed by atoms with E-state index in [-0.39, 0.29) is 5.91 Å². The second kappa shape index (κ2) is 6.34. The first-order valence-electron chi connectivity index (χ1n) is 6.38. The number of anilines is 1. The van der Waals surface area contributed by atoms with Gasteiger partial charge in [-0.3, -0.25) is 4.79 Å². The van der Waals surface area contributed by atoms with E-state index in [4.69, 9.17) is 10.8 Å². The van der Waals surface area contributed by atoms with Gasteiger partial charge in [0.2, 0.25) is 5.91 Å². The second-order valence-electron chi connectivity index (χ2n) is 5.13. The standard InChI is InChI=1S/C15H20N2O3/c1-4-11(13(18)19)9-10-5-7-12(8-6-10)17-14(20)15(2,3)16/h5-9H,4,16H2,1-3H3,(H,17,20)(H,18,19)/b11-9+. The third kappa shape index (κ3) is 4.51. The minimum Gasteiger partial charge on any atom is -0.478 e. The van der Waals surface area contributed by atoms with Crippen LogP contribution in [0.25, 0.3) is 6.08 Å². The molecule has 0 heterocycles. The lowest BCUT2D eigenvalue weighted by Gasteiger charge is -2.17. The van der Waals surface area contributed by atoms with Gasteiger partial charge in [-0.15, -0.1) is 0 Å². The zero-order valence-corrected chi connectivity index (χ0v) is 11.9. The highest BCUT2D eigenvalue weighted by atomic mass is 16.4. The van der Waals surface area contributed by atoms with E-state index in [1.807, 2.05) is 0 Å². The van der Waals surface area contributed by atoms with Crippen LogP contribution in [-0.2, 0) is 9.59 Å². The van der Waals surface area contributed by atoms with Crippen LogP contribution in [-0.4, -0.2) is 22.5 Å². The Kier molecular flexibility index (Phi) is 5.05. The van der Waals surface area contributed by atoms with E-state index in [1.165, 1.54) is 0 Å². The summed E-state index contributed by atoms with van der Waals surface area (Å²) >= 11 is 0. The summed E-state index contributed by atoms with van der Waals surface area (Å²) in [6.45, 7) is 5.04. The van der Waals surface area contributed by atoms with Crippen LogP contribution in [0, 0.1) is 0 Å². The van der Waals surface area contributed by atoms with Crippen molar-refractivity contribution >= 4 is 23.6 Å². The van der Waals surface area contributed by atoms with Gasteiger partial charge in [0.1, 0.15) is 0 Å². The molecular formula is C15H20N2O3. The monoisotopic (exact) mass is 276 g/mol. The molecule has 0 saturated carbocycles. The van der Waals surface area contributed by atoms with Gasteiger partial charge in [-0.1, -0.05) is 19.1 Å². The molecule has 0 atom stereocenters. The molecule has 0 unspecified atom stereocenters. The fourth-order valence-electron chi connectivity index (χ4n) is 1.47. The zero-order valence-electron chi connectivity index (χ0n) is 11.9. The van der Waals surface area contributed by atoms with E-state index in [0.717, 1.165) is 5.56 Å².